The van der Waals surface area contributed by atoms with Gasteiger partial charge in [-0.2, -0.15) is 0 Å². The van der Waals surface area contributed by atoms with Crippen molar-refractivity contribution in [3.63, 3.8) is 0 Å². The number of ether oxygens (including phenoxy) is 1. The quantitative estimate of drug-likeness (QED) is 0.793. The monoisotopic (exact) mass is 257 g/mol. The maximum absolute atomic E-state index is 11.0. The number of hydrogen-bond acceptors (Lipinski definition) is 3. The summed E-state index contributed by atoms with van der Waals surface area (Å²) < 4.78 is 5.66. The lowest BCUT2D eigenvalue weighted by Gasteiger charge is -2.38. The first kappa shape index (κ1) is 15.4. The molecule has 1 fully saturated rings. The Morgan fingerprint density at radius 1 is 1.50 bits per heavy atom. The molecule has 18 heavy (non-hydrogen) atoms. The molecule has 1 N–H and O–H groups in total. The SMILES string of the molecule is CCC1COC(C)CN1CCCC(C)(C)C(=O)O. The number of morpholine rings is 1. The largest absolute Gasteiger partial charge is 0.481 e. The minimum Gasteiger partial charge on any atom is -0.481 e. The number of carbonyl (C=O) groups is 1. The molecule has 1 saturated heterocycles. The first-order chi connectivity index (χ1) is 8.36. The molecule has 0 aromatic carbocycles. The van der Waals surface area contributed by atoms with E-state index in [9.17, 15) is 4.79 Å². The average molecular weight is 257 g/mol. The van der Waals surface area contributed by atoms with Gasteiger partial charge in [-0.15, -0.1) is 0 Å². The van der Waals surface area contributed by atoms with Crippen LogP contribution in [0.25, 0.3) is 0 Å². The average Bonchev–Trinajstić information content (AvgIpc) is 2.29. The fourth-order valence-corrected chi connectivity index (χ4v) is 2.39. The zero-order valence-electron chi connectivity index (χ0n) is 12.1. The molecule has 0 radical (unpaired) electrons. The topological polar surface area (TPSA) is 49.8 Å². The highest BCUT2D eigenvalue weighted by Crippen LogP contribution is 2.23. The molecule has 4 nitrogen and oxygen atoms in total. The van der Waals surface area contributed by atoms with Crippen LogP contribution in [0.1, 0.15) is 47.0 Å². The van der Waals surface area contributed by atoms with Gasteiger partial charge < -0.3 is 9.84 Å². The molecule has 4 heteroatoms. The Kier molecular flexibility index (Phi) is 5.60. The van der Waals surface area contributed by atoms with Crippen molar-refractivity contribution in [3.05, 3.63) is 0 Å². The molecule has 1 aliphatic heterocycles. The maximum atomic E-state index is 11.0. The Bertz CT molecular complexity index is 278. The van der Waals surface area contributed by atoms with Gasteiger partial charge in [-0.25, -0.2) is 0 Å². The Morgan fingerprint density at radius 3 is 2.72 bits per heavy atom. The van der Waals surface area contributed by atoms with Crippen LogP contribution in [0.15, 0.2) is 0 Å². The number of hydrogen-bond donors (Lipinski definition) is 1. The fraction of sp³-hybridized carbons (Fsp3) is 0.929. The van der Waals surface area contributed by atoms with Gasteiger partial charge in [0, 0.05) is 12.6 Å². The minimum absolute atomic E-state index is 0.292. The van der Waals surface area contributed by atoms with E-state index >= 15 is 0 Å². The van der Waals surface area contributed by atoms with Crippen molar-refractivity contribution < 1.29 is 14.6 Å². The van der Waals surface area contributed by atoms with Gasteiger partial charge in [-0.05, 0) is 46.6 Å². The molecule has 2 atom stereocenters. The Hall–Kier alpha value is -0.610. The summed E-state index contributed by atoms with van der Waals surface area (Å²) in [4.78, 5) is 13.5. The second kappa shape index (κ2) is 6.53. The molecule has 0 aromatic rings. The third-order valence-corrected chi connectivity index (χ3v) is 3.88. The van der Waals surface area contributed by atoms with Gasteiger partial charge >= 0.3 is 5.97 Å². The van der Waals surface area contributed by atoms with Crippen LogP contribution in [-0.4, -0.2) is 47.8 Å². The predicted octanol–water partition coefficient (Wildman–Crippen LogP) is 2.38. The zero-order valence-corrected chi connectivity index (χ0v) is 12.1. The maximum Gasteiger partial charge on any atom is 0.309 e. The Labute approximate surface area is 110 Å². The highest BCUT2D eigenvalue weighted by atomic mass is 16.5. The summed E-state index contributed by atoms with van der Waals surface area (Å²) in [6, 6.07) is 0.495. The summed E-state index contributed by atoms with van der Waals surface area (Å²) in [7, 11) is 0. The highest BCUT2D eigenvalue weighted by molar-refractivity contribution is 5.73. The van der Waals surface area contributed by atoms with E-state index in [1.807, 2.05) is 0 Å². The summed E-state index contributed by atoms with van der Waals surface area (Å²) in [6.45, 7) is 10.6. The van der Waals surface area contributed by atoms with Gasteiger partial charge in [-0.1, -0.05) is 6.92 Å². The van der Waals surface area contributed by atoms with Crippen LogP contribution in [0.3, 0.4) is 0 Å². The predicted molar refractivity (Wildman–Crippen MR) is 71.7 cm³/mol. The highest BCUT2D eigenvalue weighted by Gasteiger charge is 2.29. The summed E-state index contributed by atoms with van der Waals surface area (Å²) in [5.41, 5.74) is -0.611. The summed E-state index contributed by atoms with van der Waals surface area (Å²) in [6.07, 6.45) is 3.04. The number of aliphatic carboxylic acids is 1. The van der Waals surface area contributed by atoms with Crippen LogP contribution in [0, 0.1) is 5.41 Å². The van der Waals surface area contributed by atoms with Gasteiger partial charge in [0.1, 0.15) is 0 Å². The second-order valence-electron chi connectivity index (χ2n) is 5.99. The lowest BCUT2D eigenvalue weighted by molar-refractivity contribution is -0.147. The summed E-state index contributed by atoms with van der Waals surface area (Å²) in [5, 5.41) is 9.08. The Morgan fingerprint density at radius 2 is 2.17 bits per heavy atom. The summed E-state index contributed by atoms with van der Waals surface area (Å²) in [5.74, 6) is -0.704. The molecule has 2 unspecified atom stereocenters. The molecule has 1 rings (SSSR count). The van der Waals surface area contributed by atoms with Gasteiger partial charge in [0.15, 0.2) is 0 Å². The first-order valence-electron chi connectivity index (χ1n) is 6.96. The van der Waals surface area contributed by atoms with E-state index in [0.717, 1.165) is 39.0 Å². The molecule has 0 spiro atoms. The number of nitrogens with zero attached hydrogens (tertiary/aromatic N) is 1. The van der Waals surface area contributed by atoms with Crippen molar-refractivity contribution in [2.75, 3.05) is 19.7 Å². The normalized spacial score (nSPS) is 26.2. The van der Waals surface area contributed by atoms with Gasteiger partial charge in [-0.3, -0.25) is 9.69 Å². The fourth-order valence-electron chi connectivity index (χ4n) is 2.39. The third-order valence-electron chi connectivity index (χ3n) is 3.88. The van der Waals surface area contributed by atoms with E-state index in [-0.39, 0.29) is 0 Å². The first-order valence-corrected chi connectivity index (χ1v) is 6.96. The number of carboxylic acid groups (broad SMARTS) is 1. The van der Waals surface area contributed by atoms with Gasteiger partial charge in [0.2, 0.25) is 0 Å². The van der Waals surface area contributed by atoms with Crippen LogP contribution in [0.2, 0.25) is 0 Å². The second-order valence-corrected chi connectivity index (χ2v) is 5.99. The molecule has 106 valence electrons. The molecular weight excluding hydrogens is 230 g/mol. The standard InChI is InChI=1S/C14H27NO3/c1-5-12-10-18-11(2)9-15(12)8-6-7-14(3,4)13(16)17/h11-12H,5-10H2,1-4H3,(H,16,17). The minimum atomic E-state index is -0.704. The number of rotatable bonds is 6. The van der Waals surface area contributed by atoms with E-state index in [1.54, 1.807) is 13.8 Å². The zero-order chi connectivity index (χ0) is 13.8. The van der Waals surface area contributed by atoms with Crippen molar-refractivity contribution in [1.29, 1.82) is 0 Å². The van der Waals surface area contributed by atoms with E-state index < -0.39 is 11.4 Å². The van der Waals surface area contributed by atoms with Crippen LogP contribution in [-0.2, 0) is 9.53 Å². The van der Waals surface area contributed by atoms with Crippen molar-refractivity contribution in [1.82, 2.24) is 4.90 Å². The van der Waals surface area contributed by atoms with E-state index in [1.165, 1.54) is 0 Å². The van der Waals surface area contributed by atoms with Crippen molar-refractivity contribution in [2.45, 2.75) is 59.1 Å². The molecule has 0 bridgehead atoms. The van der Waals surface area contributed by atoms with Crippen LogP contribution < -0.4 is 0 Å². The number of carboxylic acids is 1. The van der Waals surface area contributed by atoms with E-state index in [0.29, 0.717) is 12.1 Å². The Balaban J connectivity index is 2.39. The molecule has 1 aliphatic rings. The third kappa shape index (κ3) is 4.25. The molecule has 0 saturated carbocycles. The molecule has 1 heterocycles. The van der Waals surface area contributed by atoms with Crippen LogP contribution in [0.4, 0.5) is 0 Å². The van der Waals surface area contributed by atoms with Crippen molar-refractivity contribution in [3.8, 4) is 0 Å². The molecule has 0 aliphatic carbocycles. The molecular formula is C14H27NO3. The van der Waals surface area contributed by atoms with Gasteiger partial charge in [0.25, 0.3) is 0 Å². The van der Waals surface area contributed by atoms with E-state index in [4.69, 9.17) is 9.84 Å². The lowest BCUT2D eigenvalue weighted by Crippen LogP contribution is -2.48. The molecule has 0 amide bonds. The van der Waals surface area contributed by atoms with Crippen molar-refractivity contribution in [2.24, 2.45) is 5.41 Å². The van der Waals surface area contributed by atoms with Crippen LogP contribution >= 0.6 is 0 Å². The van der Waals surface area contributed by atoms with Gasteiger partial charge in [0.05, 0.1) is 18.1 Å². The summed E-state index contributed by atoms with van der Waals surface area (Å²) >= 11 is 0. The van der Waals surface area contributed by atoms with Crippen molar-refractivity contribution >= 4 is 5.97 Å². The smallest absolute Gasteiger partial charge is 0.309 e. The molecule has 0 aromatic heterocycles. The van der Waals surface area contributed by atoms with Crippen LogP contribution in [0.5, 0.6) is 0 Å². The lowest BCUT2D eigenvalue weighted by atomic mass is 9.88. The van der Waals surface area contributed by atoms with E-state index in [2.05, 4.69) is 18.7 Å².